The first kappa shape index (κ1) is 12.1. The van der Waals surface area contributed by atoms with Crippen LogP contribution in [0.25, 0.3) is 10.4 Å². The molecule has 0 radical (unpaired) electrons. The molecular weight excluding hydrogens is 232 g/mol. The van der Waals surface area contributed by atoms with E-state index in [4.69, 9.17) is 0 Å². The SMILES string of the molecule is CCCNc1ncc(-c2cnn(CCC)c2)s1. The number of hydrogen-bond donors (Lipinski definition) is 1. The highest BCUT2D eigenvalue weighted by molar-refractivity contribution is 7.18. The zero-order valence-electron chi connectivity index (χ0n) is 10.3. The minimum absolute atomic E-state index is 0.972. The second-order valence-corrected chi connectivity index (χ2v) is 4.98. The highest BCUT2D eigenvalue weighted by atomic mass is 32.1. The molecule has 2 rings (SSSR count). The summed E-state index contributed by atoms with van der Waals surface area (Å²) in [6, 6.07) is 0. The van der Waals surface area contributed by atoms with Crippen LogP contribution in [0.15, 0.2) is 18.6 Å². The summed E-state index contributed by atoms with van der Waals surface area (Å²) in [5.74, 6) is 0. The van der Waals surface area contributed by atoms with E-state index in [-0.39, 0.29) is 0 Å². The van der Waals surface area contributed by atoms with E-state index in [1.807, 2.05) is 17.1 Å². The van der Waals surface area contributed by atoms with Gasteiger partial charge in [0.15, 0.2) is 5.13 Å². The van der Waals surface area contributed by atoms with Crippen molar-refractivity contribution < 1.29 is 0 Å². The van der Waals surface area contributed by atoms with Crippen LogP contribution in [0.2, 0.25) is 0 Å². The van der Waals surface area contributed by atoms with Gasteiger partial charge in [0.1, 0.15) is 0 Å². The lowest BCUT2D eigenvalue weighted by Crippen LogP contribution is -1.97. The Labute approximate surface area is 106 Å². The molecule has 0 saturated carbocycles. The highest BCUT2D eigenvalue weighted by Crippen LogP contribution is 2.28. The quantitative estimate of drug-likeness (QED) is 0.856. The fraction of sp³-hybridized carbons (Fsp3) is 0.500. The maximum Gasteiger partial charge on any atom is 0.183 e. The van der Waals surface area contributed by atoms with Crippen LogP contribution >= 0.6 is 11.3 Å². The van der Waals surface area contributed by atoms with E-state index in [0.29, 0.717) is 0 Å². The van der Waals surface area contributed by atoms with Crippen molar-refractivity contribution in [3.05, 3.63) is 18.6 Å². The smallest absolute Gasteiger partial charge is 0.183 e. The van der Waals surface area contributed by atoms with Gasteiger partial charge >= 0.3 is 0 Å². The van der Waals surface area contributed by atoms with Crippen LogP contribution in [0.3, 0.4) is 0 Å². The third kappa shape index (κ3) is 3.06. The number of hydrogen-bond acceptors (Lipinski definition) is 4. The summed E-state index contributed by atoms with van der Waals surface area (Å²) in [6.45, 7) is 6.25. The average molecular weight is 250 g/mol. The molecule has 92 valence electrons. The van der Waals surface area contributed by atoms with Crippen molar-refractivity contribution in [3.63, 3.8) is 0 Å². The minimum Gasteiger partial charge on any atom is -0.362 e. The van der Waals surface area contributed by atoms with Crippen molar-refractivity contribution in [1.29, 1.82) is 0 Å². The van der Waals surface area contributed by atoms with Gasteiger partial charge in [-0.1, -0.05) is 25.2 Å². The lowest BCUT2D eigenvalue weighted by molar-refractivity contribution is 0.603. The van der Waals surface area contributed by atoms with Crippen LogP contribution in [0.1, 0.15) is 26.7 Å². The van der Waals surface area contributed by atoms with Crippen molar-refractivity contribution in [2.24, 2.45) is 0 Å². The topological polar surface area (TPSA) is 42.7 Å². The number of anilines is 1. The van der Waals surface area contributed by atoms with Gasteiger partial charge in [0.25, 0.3) is 0 Å². The van der Waals surface area contributed by atoms with E-state index in [1.54, 1.807) is 11.3 Å². The van der Waals surface area contributed by atoms with Crippen molar-refractivity contribution in [2.45, 2.75) is 33.2 Å². The van der Waals surface area contributed by atoms with Crippen molar-refractivity contribution >= 4 is 16.5 Å². The number of aromatic nitrogens is 3. The molecule has 0 saturated heterocycles. The summed E-state index contributed by atoms with van der Waals surface area (Å²) >= 11 is 1.68. The Kier molecular flexibility index (Phi) is 4.14. The van der Waals surface area contributed by atoms with E-state index >= 15 is 0 Å². The Morgan fingerprint density at radius 3 is 2.94 bits per heavy atom. The summed E-state index contributed by atoms with van der Waals surface area (Å²) in [4.78, 5) is 5.53. The number of aryl methyl sites for hydroxylation is 1. The lowest BCUT2D eigenvalue weighted by atomic mass is 10.3. The van der Waals surface area contributed by atoms with Crippen LogP contribution in [0, 0.1) is 0 Å². The molecule has 0 amide bonds. The summed E-state index contributed by atoms with van der Waals surface area (Å²) in [7, 11) is 0. The van der Waals surface area contributed by atoms with Gasteiger partial charge < -0.3 is 5.32 Å². The highest BCUT2D eigenvalue weighted by Gasteiger charge is 2.06. The Hall–Kier alpha value is -1.36. The fourth-order valence-corrected chi connectivity index (χ4v) is 2.38. The number of rotatable bonds is 6. The molecule has 0 aliphatic carbocycles. The summed E-state index contributed by atoms with van der Waals surface area (Å²) < 4.78 is 1.98. The maximum atomic E-state index is 4.36. The average Bonchev–Trinajstić information content (AvgIpc) is 2.95. The Morgan fingerprint density at radius 1 is 1.29 bits per heavy atom. The Bertz CT molecular complexity index is 461. The van der Waals surface area contributed by atoms with Gasteiger partial charge in [-0.15, -0.1) is 0 Å². The summed E-state index contributed by atoms with van der Waals surface area (Å²) in [6.07, 6.45) is 8.12. The van der Waals surface area contributed by atoms with E-state index in [9.17, 15) is 0 Å². The van der Waals surface area contributed by atoms with Gasteiger partial charge in [0, 0.05) is 31.0 Å². The molecule has 17 heavy (non-hydrogen) atoms. The fourth-order valence-electron chi connectivity index (χ4n) is 1.56. The number of thiazole rings is 1. The molecule has 0 bridgehead atoms. The first-order valence-electron chi connectivity index (χ1n) is 6.06. The molecule has 0 aliphatic heterocycles. The standard InChI is InChI=1S/C12H18N4S/c1-3-5-13-12-14-8-11(17-12)10-7-15-16(9-10)6-4-2/h7-9H,3-6H2,1-2H3,(H,13,14). The zero-order chi connectivity index (χ0) is 12.1. The molecule has 2 heterocycles. The molecule has 4 nitrogen and oxygen atoms in total. The lowest BCUT2D eigenvalue weighted by Gasteiger charge is -1.96. The number of nitrogens with zero attached hydrogens (tertiary/aromatic N) is 3. The first-order chi connectivity index (χ1) is 8.33. The summed E-state index contributed by atoms with van der Waals surface area (Å²) in [5, 5.41) is 8.62. The van der Waals surface area contributed by atoms with Crippen LogP contribution in [0.4, 0.5) is 5.13 Å². The zero-order valence-corrected chi connectivity index (χ0v) is 11.1. The summed E-state index contributed by atoms with van der Waals surface area (Å²) in [5.41, 5.74) is 1.15. The molecule has 5 heteroatoms. The maximum absolute atomic E-state index is 4.36. The second kappa shape index (κ2) is 5.82. The molecule has 0 aliphatic rings. The molecular formula is C12H18N4S. The van der Waals surface area contributed by atoms with Crippen molar-refractivity contribution in [1.82, 2.24) is 14.8 Å². The molecule has 2 aromatic rings. The van der Waals surface area contributed by atoms with Crippen LogP contribution in [0.5, 0.6) is 0 Å². The van der Waals surface area contributed by atoms with Crippen molar-refractivity contribution in [3.8, 4) is 10.4 Å². The number of nitrogens with one attached hydrogen (secondary N) is 1. The largest absolute Gasteiger partial charge is 0.362 e. The Morgan fingerprint density at radius 2 is 2.18 bits per heavy atom. The third-order valence-corrected chi connectivity index (χ3v) is 3.41. The molecule has 0 aromatic carbocycles. The minimum atomic E-state index is 0.972. The molecule has 0 atom stereocenters. The predicted octanol–water partition coefficient (Wildman–Crippen LogP) is 3.24. The molecule has 0 spiro atoms. The van der Waals surface area contributed by atoms with E-state index < -0.39 is 0 Å². The van der Waals surface area contributed by atoms with E-state index in [0.717, 1.165) is 36.6 Å². The van der Waals surface area contributed by atoms with Crippen molar-refractivity contribution in [2.75, 3.05) is 11.9 Å². The molecule has 2 aromatic heterocycles. The van der Waals surface area contributed by atoms with Gasteiger partial charge in [0.2, 0.25) is 0 Å². The van der Waals surface area contributed by atoms with Crippen LogP contribution in [-0.4, -0.2) is 21.3 Å². The molecule has 0 fully saturated rings. The van der Waals surface area contributed by atoms with Gasteiger partial charge in [0.05, 0.1) is 11.1 Å². The van der Waals surface area contributed by atoms with Crippen LogP contribution in [-0.2, 0) is 6.54 Å². The third-order valence-electron chi connectivity index (χ3n) is 2.40. The normalized spacial score (nSPS) is 10.7. The Balaban J connectivity index is 2.07. The van der Waals surface area contributed by atoms with Gasteiger partial charge in [-0.3, -0.25) is 4.68 Å². The van der Waals surface area contributed by atoms with Gasteiger partial charge in [-0.25, -0.2) is 4.98 Å². The first-order valence-corrected chi connectivity index (χ1v) is 6.87. The van der Waals surface area contributed by atoms with Gasteiger partial charge in [-0.2, -0.15) is 5.10 Å². The predicted molar refractivity (Wildman–Crippen MR) is 72.4 cm³/mol. The second-order valence-electron chi connectivity index (χ2n) is 3.95. The monoisotopic (exact) mass is 250 g/mol. The molecule has 0 unspecified atom stereocenters. The molecule has 1 N–H and O–H groups in total. The van der Waals surface area contributed by atoms with Gasteiger partial charge in [-0.05, 0) is 12.8 Å². The van der Waals surface area contributed by atoms with Crippen LogP contribution < -0.4 is 5.32 Å². The van der Waals surface area contributed by atoms with E-state index in [2.05, 4.69) is 35.4 Å². The van der Waals surface area contributed by atoms with E-state index in [1.165, 1.54) is 4.88 Å².